The van der Waals surface area contributed by atoms with Crippen molar-refractivity contribution >= 4 is 22.5 Å². The van der Waals surface area contributed by atoms with Gasteiger partial charge in [0.1, 0.15) is 6.10 Å². The van der Waals surface area contributed by atoms with E-state index in [2.05, 4.69) is 34.1 Å². The fourth-order valence-corrected chi connectivity index (χ4v) is 4.02. The van der Waals surface area contributed by atoms with Crippen LogP contribution in [0.3, 0.4) is 0 Å². The Kier molecular flexibility index (Phi) is 7.07. The molecule has 0 fully saturated rings. The van der Waals surface area contributed by atoms with Gasteiger partial charge in [-0.25, -0.2) is 4.21 Å². The predicted octanol–water partition coefficient (Wildman–Crippen LogP) is 4.79. The van der Waals surface area contributed by atoms with E-state index in [1.807, 2.05) is 82.8 Å². The molecular formula is C24H28N2O2S. The van der Waals surface area contributed by atoms with Gasteiger partial charge in [0, 0.05) is 39.6 Å². The average Bonchev–Trinajstić information content (AvgIpc) is 2.73. The van der Waals surface area contributed by atoms with E-state index in [4.69, 9.17) is 4.18 Å². The summed E-state index contributed by atoms with van der Waals surface area (Å²) >= 11 is -1.45. The lowest BCUT2D eigenvalue weighted by molar-refractivity contribution is 0.275. The summed E-state index contributed by atoms with van der Waals surface area (Å²) in [4.78, 5) is 4.11. The van der Waals surface area contributed by atoms with E-state index in [9.17, 15) is 4.21 Å². The summed E-state index contributed by atoms with van der Waals surface area (Å²) < 4.78 is 18.9. The zero-order chi connectivity index (χ0) is 20.8. The van der Waals surface area contributed by atoms with Gasteiger partial charge in [-0.3, -0.25) is 4.18 Å². The van der Waals surface area contributed by atoms with Crippen LogP contribution in [0.15, 0.2) is 78.9 Å². The molecule has 4 nitrogen and oxygen atoms in total. The van der Waals surface area contributed by atoms with Gasteiger partial charge < -0.3 is 9.80 Å². The van der Waals surface area contributed by atoms with Crippen LogP contribution in [0.4, 0.5) is 11.4 Å². The minimum absolute atomic E-state index is 0.364. The molecule has 0 spiro atoms. The van der Waals surface area contributed by atoms with E-state index in [0.29, 0.717) is 5.75 Å². The van der Waals surface area contributed by atoms with Crippen molar-refractivity contribution in [1.29, 1.82) is 0 Å². The zero-order valence-electron chi connectivity index (χ0n) is 17.4. The maximum Gasteiger partial charge on any atom is 0.160 e. The topological polar surface area (TPSA) is 32.8 Å². The van der Waals surface area contributed by atoms with Crippen molar-refractivity contribution in [3.63, 3.8) is 0 Å². The van der Waals surface area contributed by atoms with Crippen LogP contribution in [0, 0.1) is 0 Å². The first-order chi connectivity index (χ1) is 13.9. The van der Waals surface area contributed by atoms with Gasteiger partial charge in [-0.05, 0) is 41.0 Å². The maximum atomic E-state index is 12.8. The molecule has 5 heteroatoms. The largest absolute Gasteiger partial charge is 0.378 e. The van der Waals surface area contributed by atoms with Crippen molar-refractivity contribution in [2.75, 3.05) is 38.0 Å². The molecule has 0 aliphatic heterocycles. The van der Waals surface area contributed by atoms with E-state index in [-0.39, 0.29) is 0 Å². The summed E-state index contributed by atoms with van der Waals surface area (Å²) in [5.41, 5.74) is 5.18. The Morgan fingerprint density at radius 2 is 1.17 bits per heavy atom. The molecule has 0 radical (unpaired) electrons. The maximum absolute atomic E-state index is 12.8. The van der Waals surface area contributed by atoms with Gasteiger partial charge in [-0.15, -0.1) is 0 Å². The number of benzene rings is 3. The van der Waals surface area contributed by atoms with Gasteiger partial charge in [0.2, 0.25) is 0 Å². The minimum atomic E-state index is -1.45. The van der Waals surface area contributed by atoms with Gasteiger partial charge in [-0.2, -0.15) is 0 Å². The van der Waals surface area contributed by atoms with E-state index in [0.717, 1.165) is 28.1 Å². The number of rotatable bonds is 8. The van der Waals surface area contributed by atoms with Crippen molar-refractivity contribution < 1.29 is 8.39 Å². The molecule has 0 aliphatic rings. The predicted molar refractivity (Wildman–Crippen MR) is 123 cm³/mol. The van der Waals surface area contributed by atoms with Crippen LogP contribution in [-0.2, 0) is 21.0 Å². The van der Waals surface area contributed by atoms with Crippen LogP contribution < -0.4 is 9.80 Å². The van der Waals surface area contributed by atoms with Crippen molar-refractivity contribution in [2.24, 2.45) is 0 Å². The quantitative estimate of drug-likeness (QED) is 0.537. The lowest BCUT2D eigenvalue weighted by Gasteiger charge is -2.21. The normalized spacial score (nSPS) is 12.0. The second-order valence-electron chi connectivity index (χ2n) is 7.38. The second kappa shape index (κ2) is 9.72. The smallest absolute Gasteiger partial charge is 0.160 e. The molecule has 3 aromatic rings. The van der Waals surface area contributed by atoms with Crippen molar-refractivity contribution in [2.45, 2.75) is 11.9 Å². The van der Waals surface area contributed by atoms with Crippen LogP contribution in [0.2, 0.25) is 0 Å². The number of hydrogen-bond acceptors (Lipinski definition) is 4. The van der Waals surface area contributed by atoms with Gasteiger partial charge in [-0.1, -0.05) is 54.6 Å². The number of hydrogen-bond donors (Lipinski definition) is 0. The van der Waals surface area contributed by atoms with E-state index in [1.54, 1.807) is 0 Å². The molecule has 29 heavy (non-hydrogen) atoms. The molecule has 0 aliphatic carbocycles. The molecule has 0 amide bonds. The Morgan fingerprint density at radius 1 is 0.724 bits per heavy atom. The Hall–Kier alpha value is -2.63. The molecule has 0 saturated heterocycles. The first-order valence-corrected chi connectivity index (χ1v) is 10.8. The first-order valence-electron chi connectivity index (χ1n) is 9.58. The monoisotopic (exact) mass is 408 g/mol. The average molecular weight is 409 g/mol. The van der Waals surface area contributed by atoms with Crippen LogP contribution in [0.25, 0.3) is 0 Å². The fourth-order valence-electron chi connectivity index (χ4n) is 3.05. The number of nitrogens with zero attached hydrogens (tertiary/aromatic N) is 2. The molecule has 1 atom stereocenters. The SMILES string of the molecule is CN(C)c1ccc(C(OS(=O)Cc2ccccc2)c2ccc(N(C)C)cc2)cc1. The van der Waals surface area contributed by atoms with Crippen molar-refractivity contribution in [3.8, 4) is 0 Å². The Bertz CT molecular complexity index is 872. The molecule has 0 N–H and O–H groups in total. The summed E-state index contributed by atoms with van der Waals surface area (Å²) in [6.07, 6.45) is -0.396. The van der Waals surface area contributed by atoms with E-state index in [1.165, 1.54) is 0 Å². The molecule has 0 bridgehead atoms. The standard InChI is InChI=1S/C24H28N2O2S/c1-25(2)22-14-10-20(11-15-22)24(21-12-16-23(17-13-21)26(3)4)28-29(27)18-19-8-6-5-7-9-19/h5-17,24H,18H2,1-4H3. The highest BCUT2D eigenvalue weighted by molar-refractivity contribution is 7.79. The molecule has 1 unspecified atom stereocenters. The van der Waals surface area contributed by atoms with Gasteiger partial charge >= 0.3 is 0 Å². The molecular weight excluding hydrogens is 380 g/mol. The summed E-state index contributed by atoms with van der Waals surface area (Å²) in [5.74, 6) is 0.364. The third-order valence-corrected chi connectivity index (χ3v) is 5.73. The van der Waals surface area contributed by atoms with Crippen molar-refractivity contribution in [1.82, 2.24) is 0 Å². The van der Waals surface area contributed by atoms with Gasteiger partial charge in [0.05, 0.1) is 5.75 Å². The molecule has 3 rings (SSSR count). The highest BCUT2D eigenvalue weighted by Crippen LogP contribution is 2.30. The van der Waals surface area contributed by atoms with Gasteiger partial charge in [0.15, 0.2) is 11.1 Å². The third-order valence-electron chi connectivity index (χ3n) is 4.76. The molecule has 3 aromatic carbocycles. The van der Waals surface area contributed by atoms with Gasteiger partial charge in [0.25, 0.3) is 0 Å². The van der Waals surface area contributed by atoms with Crippen molar-refractivity contribution in [3.05, 3.63) is 95.6 Å². The van der Waals surface area contributed by atoms with Crippen LogP contribution in [0.5, 0.6) is 0 Å². The molecule has 0 saturated carbocycles. The summed E-state index contributed by atoms with van der Waals surface area (Å²) in [6.45, 7) is 0. The van der Waals surface area contributed by atoms with Crippen LogP contribution in [-0.4, -0.2) is 32.4 Å². The lowest BCUT2D eigenvalue weighted by Crippen LogP contribution is -2.12. The second-order valence-corrected chi connectivity index (χ2v) is 8.47. The van der Waals surface area contributed by atoms with E-state index >= 15 is 0 Å². The molecule has 152 valence electrons. The third kappa shape index (κ3) is 5.68. The summed E-state index contributed by atoms with van der Waals surface area (Å²) in [6, 6.07) is 26.2. The van der Waals surface area contributed by atoms with Crippen LogP contribution >= 0.6 is 0 Å². The molecule has 0 aromatic heterocycles. The Labute approximate surface area is 176 Å². The highest BCUT2D eigenvalue weighted by Gasteiger charge is 2.19. The summed E-state index contributed by atoms with van der Waals surface area (Å²) in [5, 5.41) is 0. The Morgan fingerprint density at radius 3 is 1.59 bits per heavy atom. The molecule has 0 heterocycles. The lowest BCUT2D eigenvalue weighted by atomic mass is 10.0. The zero-order valence-corrected chi connectivity index (χ0v) is 18.2. The number of anilines is 2. The van der Waals surface area contributed by atoms with E-state index < -0.39 is 17.2 Å². The first kappa shape index (κ1) is 21.1. The highest BCUT2D eigenvalue weighted by atomic mass is 32.2. The Balaban J connectivity index is 1.87. The van der Waals surface area contributed by atoms with Crippen LogP contribution in [0.1, 0.15) is 22.8 Å². The summed E-state index contributed by atoms with van der Waals surface area (Å²) in [7, 11) is 8.05. The minimum Gasteiger partial charge on any atom is -0.378 e. The fraction of sp³-hybridized carbons (Fsp3) is 0.250.